The fourth-order valence-corrected chi connectivity index (χ4v) is 0. The molecule has 2 N–H and O–H groups in total. The van der Waals surface area contributed by atoms with E-state index in [0.29, 0.717) is 0 Å². The Morgan fingerprint density at radius 1 is 1.00 bits per heavy atom. The van der Waals surface area contributed by atoms with Crippen LogP contribution in [0.4, 0.5) is 16.8 Å². The SMILES string of the molecule is F[P+](F)(F)F.O=C(O)C(=O)O.[H-].[Li+]. The third kappa shape index (κ3) is 53.8. The summed E-state index contributed by atoms with van der Waals surface area (Å²) in [7, 11) is -6.39. The standard InChI is InChI=1S/C2H2O4.F4P.Li.H/c3-1(4)2(5)6;1-5(2,3)4;;/h(H,3,4)(H,5,6);;;/q;2*+1;-1. The third-order valence-electron chi connectivity index (χ3n) is 0.183. The molecule has 0 amide bonds. The van der Waals surface area contributed by atoms with Crippen molar-refractivity contribution in [2.45, 2.75) is 0 Å². The van der Waals surface area contributed by atoms with Crippen molar-refractivity contribution in [1.29, 1.82) is 0 Å². The van der Waals surface area contributed by atoms with Crippen LogP contribution in [0.5, 0.6) is 0 Å². The third-order valence-corrected chi connectivity index (χ3v) is 0.183. The second kappa shape index (κ2) is 7.34. The molecular weight excluding hydrogens is 202 g/mol. The van der Waals surface area contributed by atoms with Crippen LogP contribution in [0, 0.1) is 0 Å². The van der Waals surface area contributed by atoms with Gasteiger partial charge in [0.15, 0.2) is 0 Å². The van der Waals surface area contributed by atoms with Crippen molar-refractivity contribution in [2.24, 2.45) is 0 Å². The Balaban J connectivity index is -0.0000000546. The number of aliphatic carboxylic acids is 2. The van der Waals surface area contributed by atoms with Gasteiger partial charge < -0.3 is 11.6 Å². The molecular formula is C2H3F4LiO4P+. The molecule has 0 aromatic heterocycles. The van der Waals surface area contributed by atoms with Crippen LogP contribution in [0.25, 0.3) is 0 Å². The Bertz CT molecular complexity index is 145. The zero-order valence-electron chi connectivity index (χ0n) is 6.67. The predicted octanol–water partition coefficient (Wildman–Crippen LogP) is -1.19. The first kappa shape index (κ1) is 17.7. The molecule has 0 fully saturated rings. The van der Waals surface area contributed by atoms with E-state index < -0.39 is 20.4 Å². The fraction of sp³-hybridized carbons (Fsp3) is 0. The molecule has 0 aromatic carbocycles. The number of rotatable bonds is 0. The van der Waals surface area contributed by atoms with Gasteiger partial charge in [-0.05, 0) is 0 Å². The van der Waals surface area contributed by atoms with Crippen LogP contribution in [-0.4, -0.2) is 22.2 Å². The summed E-state index contributed by atoms with van der Waals surface area (Å²) >= 11 is 0. The normalized spacial score (nSPS) is 8.67. The maximum Gasteiger partial charge on any atom is 1.00 e. The molecule has 4 nitrogen and oxygen atoms in total. The first-order valence-corrected chi connectivity index (χ1v) is 3.13. The first-order valence-electron chi connectivity index (χ1n) is 1.78. The van der Waals surface area contributed by atoms with E-state index in [0.717, 1.165) is 0 Å². The van der Waals surface area contributed by atoms with Crippen molar-refractivity contribution in [3.05, 3.63) is 0 Å². The van der Waals surface area contributed by atoms with E-state index in [2.05, 4.69) is 0 Å². The van der Waals surface area contributed by atoms with Gasteiger partial charge >= 0.3 is 39.3 Å². The van der Waals surface area contributed by atoms with E-state index in [1.807, 2.05) is 0 Å². The Hall–Kier alpha value is -0.313. The van der Waals surface area contributed by atoms with Gasteiger partial charge in [0, 0.05) is 0 Å². The van der Waals surface area contributed by atoms with Gasteiger partial charge in [0.25, 0.3) is 0 Å². The summed E-state index contributed by atoms with van der Waals surface area (Å²) < 4.78 is 39.2. The Morgan fingerprint density at radius 2 is 1.08 bits per heavy atom. The van der Waals surface area contributed by atoms with E-state index in [4.69, 9.17) is 19.8 Å². The van der Waals surface area contributed by atoms with Crippen LogP contribution in [0.15, 0.2) is 0 Å². The molecule has 0 aliphatic rings. The summed E-state index contributed by atoms with van der Waals surface area (Å²) in [5.74, 6) is -3.65. The molecule has 0 bridgehead atoms. The van der Waals surface area contributed by atoms with Crippen molar-refractivity contribution < 1.29 is 56.9 Å². The summed E-state index contributed by atoms with van der Waals surface area (Å²) in [6.07, 6.45) is 0. The molecule has 0 saturated carbocycles. The molecule has 0 aromatic rings. The van der Waals surface area contributed by atoms with Gasteiger partial charge in [-0.2, -0.15) is 0 Å². The summed E-state index contributed by atoms with van der Waals surface area (Å²) in [6, 6.07) is 0. The van der Waals surface area contributed by atoms with Gasteiger partial charge in [-0.1, -0.05) is 0 Å². The number of carboxylic acid groups (broad SMARTS) is 2. The zero-order valence-corrected chi connectivity index (χ0v) is 6.56. The Morgan fingerprint density at radius 3 is 1.08 bits per heavy atom. The quantitative estimate of drug-likeness (QED) is 0.226. The molecule has 10 heteroatoms. The van der Waals surface area contributed by atoms with E-state index in [1.165, 1.54) is 0 Å². The van der Waals surface area contributed by atoms with Crippen LogP contribution in [-0.2, 0) is 9.59 Å². The van der Waals surface area contributed by atoms with E-state index >= 15 is 0 Å². The van der Waals surface area contributed by atoms with Gasteiger partial charge in [-0.15, -0.1) is 0 Å². The second-order valence-electron chi connectivity index (χ2n) is 0.994. The monoisotopic (exact) mass is 205 g/mol. The number of hydrogen-bond acceptors (Lipinski definition) is 2. The molecule has 0 rings (SSSR count). The number of carboxylic acids is 2. The van der Waals surface area contributed by atoms with Crippen LogP contribution in [0.2, 0.25) is 0 Å². The van der Waals surface area contributed by atoms with Crippen LogP contribution >= 0.6 is 8.51 Å². The molecule has 0 heterocycles. The molecule has 0 atom stereocenters. The first-order chi connectivity index (χ1) is 4.64. The topological polar surface area (TPSA) is 74.6 Å². The zero-order chi connectivity index (χ0) is 9.65. The number of hydrogen-bond donors (Lipinski definition) is 2. The van der Waals surface area contributed by atoms with Crippen LogP contribution < -0.4 is 18.9 Å². The second-order valence-corrected chi connectivity index (χ2v) is 1.76. The maximum absolute atomic E-state index is 9.80. The van der Waals surface area contributed by atoms with E-state index in [1.54, 1.807) is 0 Å². The van der Waals surface area contributed by atoms with Gasteiger partial charge in [-0.25, -0.2) is 9.59 Å². The average Bonchev–Trinajstić information content (AvgIpc) is 1.59. The molecule has 0 radical (unpaired) electrons. The number of carbonyl (C=O) groups is 2. The minimum absolute atomic E-state index is 0. The molecule has 12 heavy (non-hydrogen) atoms. The average molecular weight is 205 g/mol. The molecule has 0 aliphatic carbocycles. The van der Waals surface area contributed by atoms with Crippen LogP contribution in [0.3, 0.4) is 0 Å². The van der Waals surface area contributed by atoms with Crippen molar-refractivity contribution in [3.63, 3.8) is 0 Å². The molecule has 0 saturated heterocycles. The van der Waals surface area contributed by atoms with Crippen molar-refractivity contribution in [3.8, 4) is 0 Å². The minimum atomic E-state index is -6.39. The Kier molecular flexibility index (Phi) is 10.8. The summed E-state index contributed by atoms with van der Waals surface area (Å²) in [5, 5.41) is 14.8. The van der Waals surface area contributed by atoms with Gasteiger partial charge in [0.1, 0.15) is 0 Å². The van der Waals surface area contributed by atoms with Gasteiger partial charge in [0.05, 0.1) is 16.8 Å². The fourth-order valence-electron chi connectivity index (χ4n) is 0. The molecule has 68 valence electrons. The van der Waals surface area contributed by atoms with Crippen molar-refractivity contribution in [1.82, 2.24) is 0 Å². The molecule has 0 unspecified atom stereocenters. The maximum atomic E-state index is 9.80. The molecule has 0 aliphatic heterocycles. The number of halogens is 4. The summed E-state index contributed by atoms with van der Waals surface area (Å²) in [4.78, 5) is 18.2. The van der Waals surface area contributed by atoms with E-state index in [9.17, 15) is 16.8 Å². The van der Waals surface area contributed by atoms with Gasteiger partial charge in [0.2, 0.25) is 0 Å². The smallest absolute Gasteiger partial charge is 1.00 e. The van der Waals surface area contributed by atoms with Gasteiger partial charge in [-0.3, -0.25) is 0 Å². The summed E-state index contributed by atoms with van der Waals surface area (Å²) in [6.45, 7) is 0. The molecule has 0 spiro atoms. The van der Waals surface area contributed by atoms with Crippen molar-refractivity contribution in [2.75, 3.05) is 0 Å². The predicted molar refractivity (Wildman–Crippen MR) is 27.7 cm³/mol. The largest absolute Gasteiger partial charge is 1.00 e. The van der Waals surface area contributed by atoms with Crippen molar-refractivity contribution >= 4 is 20.4 Å². The Labute approximate surface area is 78.0 Å². The van der Waals surface area contributed by atoms with E-state index in [-0.39, 0.29) is 20.3 Å². The minimum Gasteiger partial charge on any atom is -1.00 e. The van der Waals surface area contributed by atoms with Crippen LogP contribution in [0.1, 0.15) is 1.43 Å². The summed E-state index contributed by atoms with van der Waals surface area (Å²) in [5.41, 5.74) is 0.